The molecule has 1 nitrogen and oxygen atoms in total. The maximum absolute atomic E-state index is 11.1. The molecule has 1 heteroatoms. The van der Waals surface area contributed by atoms with E-state index in [0.29, 0.717) is 17.6 Å². The molecule has 0 atom stereocenters. The smallest absolute Gasteiger partial charge is 0.132 e. The molecule has 0 aliphatic rings. The highest BCUT2D eigenvalue weighted by molar-refractivity contribution is 5.77. The van der Waals surface area contributed by atoms with E-state index in [1.54, 1.807) is 0 Å². The third-order valence-electron chi connectivity index (χ3n) is 3.78. The van der Waals surface area contributed by atoms with Gasteiger partial charge in [0.05, 0.1) is 0 Å². The third-order valence-corrected chi connectivity index (χ3v) is 3.78. The maximum atomic E-state index is 11.1. The topological polar surface area (TPSA) is 17.1 Å². The first-order chi connectivity index (χ1) is 8.95. The maximum Gasteiger partial charge on any atom is 0.132 e. The van der Waals surface area contributed by atoms with Crippen LogP contribution in [0.15, 0.2) is 0 Å². The van der Waals surface area contributed by atoms with Gasteiger partial charge in [-0.25, -0.2) is 0 Å². The lowest BCUT2D eigenvalue weighted by atomic mass is 9.89. The van der Waals surface area contributed by atoms with Gasteiger partial charge in [0.25, 0.3) is 0 Å². The van der Waals surface area contributed by atoms with Gasteiger partial charge in [0.15, 0.2) is 0 Å². The monoisotopic (exact) mass is 268 g/mol. The molecule has 0 spiro atoms. The quantitative estimate of drug-likeness (QED) is 0.379. The van der Waals surface area contributed by atoms with Crippen LogP contribution in [0.3, 0.4) is 0 Å². The molecular formula is C18H36O. The first-order valence-electron chi connectivity index (χ1n) is 8.47. The Bertz CT molecular complexity index is 212. The minimum absolute atomic E-state index is 0.429. The summed E-state index contributed by atoms with van der Waals surface area (Å²) in [5.74, 6) is 0.429. The normalized spacial score (nSPS) is 11.8. The fourth-order valence-electron chi connectivity index (χ4n) is 2.39. The van der Waals surface area contributed by atoms with Crippen LogP contribution >= 0.6 is 0 Å². The standard InChI is InChI=1S/C18H36O/c1-5-17(19)15-13-11-9-7-6-8-10-12-14-16-18(2,3)4/h5-16H2,1-4H3. The van der Waals surface area contributed by atoms with Crippen molar-refractivity contribution in [1.29, 1.82) is 0 Å². The lowest BCUT2D eigenvalue weighted by Crippen LogP contribution is -2.03. The number of carbonyl (C=O) groups excluding carboxylic acids is 1. The molecule has 0 saturated carbocycles. The van der Waals surface area contributed by atoms with Gasteiger partial charge in [-0.15, -0.1) is 0 Å². The number of hydrogen-bond acceptors (Lipinski definition) is 1. The van der Waals surface area contributed by atoms with Crippen LogP contribution in [-0.4, -0.2) is 5.78 Å². The summed E-state index contributed by atoms with van der Waals surface area (Å²) in [6.45, 7) is 8.95. The van der Waals surface area contributed by atoms with Crippen molar-refractivity contribution < 1.29 is 4.79 Å². The van der Waals surface area contributed by atoms with E-state index in [4.69, 9.17) is 0 Å². The Labute approximate surface area is 121 Å². The van der Waals surface area contributed by atoms with E-state index in [-0.39, 0.29) is 0 Å². The molecule has 0 fully saturated rings. The van der Waals surface area contributed by atoms with Gasteiger partial charge in [-0.2, -0.15) is 0 Å². The van der Waals surface area contributed by atoms with Crippen LogP contribution in [0.4, 0.5) is 0 Å². The van der Waals surface area contributed by atoms with Crippen molar-refractivity contribution in [3.8, 4) is 0 Å². The van der Waals surface area contributed by atoms with Crippen molar-refractivity contribution in [2.75, 3.05) is 0 Å². The average molecular weight is 268 g/mol. The van der Waals surface area contributed by atoms with Crippen molar-refractivity contribution in [3.63, 3.8) is 0 Å². The van der Waals surface area contributed by atoms with Gasteiger partial charge < -0.3 is 0 Å². The van der Waals surface area contributed by atoms with Crippen molar-refractivity contribution in [1.82, 2.24) is 0 Å². The molecular weight excluding hydrogens is 232 g/mol. The third kappa shape index (κ3) is 15.6. The van der Waals surface area contributed by atoms with Crippen LogP contribution in [0.1, 0.15) is 105 Å². The molecule has 0 aromatic carbocycles. The second-order valence-electron chi connectivity index (χ2n) is 7.13. The van der Waals surface area contributed by atoms with E-state index >= 15 is 0 Å². The molecule has 19 heavy (non-hydrogen) atoms. The van der Waals surface area contributed by atoms with Gasteiger partial charge in [-0.05, 0) is 18.3 Å². The molecule has 0 bridgehead atoms. The summed E-state index contributed by atoms with van der Waals surface area (Å²) < 4.78 is 0. The number of Topliss-reactive ketones (excluding diaryl/α,β-unsaturated/α-hetero) is 1. The molecule has 0 aliphatic carbocycles. The lowest BCUT2D eigenvalue weighted by Gasteiger charge is -2.17. The number of hydrogen-bond donors (Lipinski definition) is 0. The number of unbranched alkanes of at least 4 members (excludes halogenated alkanes) is 8. The van der Waals surface area contributed by atoms with Crippen LogP contribution in [0.2, 0.25) is 0 Å². The van der Waals surface area contributed by atoms with Gasteiger partial charge in [0.2, 0.25) is 0 Å². The first-order valence-corrected chi connectivity index (χ1v) is 8.47. The second-order valence-corrected chi connectivity index (χ2v) is 7.13. The Morgan fingerprint density at radius 2 is 1.16 bits per heavy atom. The highest BCUT2D eigenvalue weighted by Crippen LogP contribution is 2.22. The zero-order valence-corrected chi connectivity index (χ0v) is 13.9. The Kier molecular flexibility index (Phi) is 11.3. The molecule has 114 valence electrons. The molecule has 0 N–H and O–H groups in total. The van der Waals surface area contributed by atoms with Gasteiger partial charge in [-0.1, -0.05) is 79.1 Å². The summed E-state index contributed by atoms with van der Waals surface area (Å²) in [7, 11) is 0. The molecule has 0 aromatic heterocycles. The van der Waals surface area contributed by atoms with Crippen molar-refractivity contribution >= 4 is 5.78 Å². The highest BCUT2D eigenvalue weighted by atomic mass is 16.1. The fraction of sp³-hybridized carbons (Fsp3) is 0.944. The summed E-state index contributed by atoms with van der Waals surface area (Å²) >= 11 is 0. The summed E-state index contributed by atoms with van der Waals surface area (Å²) in [5.41, 5.74) is 0.510. The molecule has 0 rings (SSSR count). The minimum Gasteiger partial charge on any atom is -0.300 e. The molecule has 0 saturated heterocycles. The van der Waals surface area contributed by atoms with Crippen LogP contribution in [0.5, 0.6) is 0 Å². The second kappa shape index (κ2) is 11.5. The zero-order valence-electron chi connectivity index (χ0n) is 13.9. The van der Waals surface area contributed by atoms with Crippen LogP contribution in [-0.2, 0) is 4.79 Å². The first kappa shape index (κ1) is 18.7. The van der Waals surface area contributed by atoms with Gasteiger partial charge >= 0.3 is 0 Å². The van der Waals surface area contributed by atoms with Crippen LogP contribution in [0, 0.1) is 5.41 Å². The van der Waals surface area contributed by atoms with Crippen molar-refractivity contribution in [2.45, 2.75) is 105 Å². The summed E-state index contributed by atoms with van der Waals surface area (Å²) in [6, 6.07) is 0. The van der Waals surface area contributed by atoms with E-state index in [2.05, 4.69) is 20.8 Å². The van der Waals surface area contributed by atoms with E-state index in [9.17, 15) is 4.79 Å². The molecule has 0 aromatic rings. The SMILES string of the molecule is CCC(=O)CCCCCCCCCCCC(C)(C)C. The summed E-state index contributed by atoms with van der Waals surface area (Å²) in [5, 5.41) is 0. The van der Waals surface area contributed by atoms with Gasteiger partial charge in [0.1, 0.15) is 5.78 Å². The average Bonchev–Trinajstić information content (AvgIpc) is 2.34. The van der Waals surface area contributed by atoms with Crippen LogP contribution < -0.4 is 0 Å². The predicted molar refractivity (Wildman–Crippen MR) is 85.5 cm³/mol. The van der Waals surface area contributed by atoms with Crippen molar-refractivity contribution in [2.24, 2.45) is 5.41 Å². The molecule has 0 radical (unpaired) electrons. The van der Waals surface area contributed by atoms with E-state index < -0.39 is 0 Å². The molecule has 0 amide bonds. The predicted octanol–water partition coefficient (Wildman–Crippen LogP) is 6.30. The van der Waals surface area contributed by atoms with Crippen LogP contribution in [0.25, 0.3) is 0 Å². The van der Waals surface area contributed by atoms with E-state index in [1.165, 1.54) is 57.8 Å². The number of ketones is 1. The fourth-order valence-corrected chi connectivity index (χ4v) is 2.39. The summed E-state index contributed by atoms with van der Waals surface area (Å²) in [4.78, 5) is 11.1. The lowest BCUT2D eigenvalue weighted by molar-refractivity contribution is -0.118. The Balaban J connectivity index is 3.09. The van der Waals surface area contributed by atoms with E-state index in [0.717, 1.165) is 12.8 Å². The largest absolute Gasteiger partial charge is 0.300 e. The van der Waals surface area contributed by atoms with Gasteiger partial charge in [-0.3, -0.25) is 4.79 Å². The number of rotatable bonds is 12. The molecule has 0 heterocycles. The Hall–Kier alpha value is -0.330. The highest BCUT2D eigenvalue weighted by Gasteiger charge is 2.08. The van der Waals surface area contributed by atoms with E-state index in [1.807, 2.05) is 6.92 Å². The molecule has 0 unspecified atom stereocenters. The molecule has 0 aliphatic heterocycles. The Morgan fingerprint density at radius 1 is 0.737 bits per heavy atom. The minimum atomic E-state index is 0.429. The Morgan fingerprint density at radius 3 is 1.58 bits per heavy atom. The van der Waals surface area contributed by atoms with Gasteiger partial charge in [0, 0.05) is 12.8 Å². The number of carbonyl (C=O) groups is 1. The van der Waals surface area contributed by atoms with Crippen molar-refractivity contribution in [3.05, 3.63) is 0 Å². The summed E-state index contributed by atoms with van der Waals surface area (Å²) in [6.07, 6.45) is 14.9. The zero-order chi connectivity index (χ0) is 14.6.